The fourth-order valence-electron chi connectivity index (χ4n) is 3.77. The minimum atomic E-state index is 0. The molecule has 0 saturated carbocycles. The second-order valence-corrected chi connectivity index (χ2v) is 8.26. The van der Waals surface area contributed by atoms with Crippen molar-refractivity contribution >= 4 is 29.9 Å². The highest BCUT2D eigenvalue weighted by Gasteiger charge is 2.23. The van der Waals surface area contributed by atoms with E-state index in [4.69, 9.17) is 4.99 Å². The minimum Gasteiger partial charge on any atom is -0.357 e. The molecule has 172 valence electrons. The van der Waals surface area contributed by atoms with E-state index in [2.05, 4.69) is 75.3 Å². The van der Waals surface area contributed by atoms with Gasteiger partial charge in [0.05, 0.1) is 6.54 Å². The van der Waals surface area contributed by atoms with Crippen molar-refractivity contribution in [1.82, 2.24) is 34.9 Å². The second kappa shape index (κ2) is 11.4. The first-order valence-corrected chi connectivity index (χ1v) is 11.1. The summed E-state index contributed by atoms with van der Waals surface area (Å²) in [5.74, 6) is 4.13. The van der Waals surface area contributed by atoms with E-state index in [-0.39, 0.29) is 30.0 Å². The largest absolute Gasteiger partial charge is 0.357 e. The summed E-state index contributed by atoms with van der Waals surface area (Å²) in [6.07, 6.45) is 5.80. The number of aliphatic imine (C=N–C) groups is 1. The molecule has 3 heterocycles. The van der Waals surface area contributed by atoms with Gasteiger partial charge < -0.3 is 15.2 Å². The molecule has 0 fully saturated rings. The number of nitrogens with zero attached hydrogens (tertiary/aromatic N) is 6. The van der Waals surface area contributed by atoms with Crippen LogP contribution >= 0.6 is 24.0 Å². The van der Waals surface area contributed by atoms with E-state index in [0.29, 0.717) is 12.5 Å². The molecule has 0 spiro atoms. The Hall–Kier alpha value is -2.43. The summed E-state index contributed by atoms with van der Waals surface area (Å²) >= 11 is 0. The van der Waals surface area contributed by atoms with Crippen LogP contribution in [0.3, 0.4) is 0 Å². The summed E-state index contributed by atoms with van der Waals surface area (Å²) in [4.78, 5) is 14.0. The Morgan fingerprint density at radius 2 is 2.06 bits per heavy atom. The number of benzene rings is 1. The van der Waals surface area contributed by atoms with Crippen molar-refractivity contribution in [2.75, 3.05) is 6.54 Å². The molecular weight excluding hydrogens is 515 g/mol. The van der Waals surface area contributed by atoms with Crippen molar-refractivity contribution in [3.63, 3.8) is 0 Å². The van der Waals surface area contributed by atoms with Gasteiger partial charge in [-0.1, -0.05) is 44.2 Å². The molecule has 0 amide bonds. The Labute approximate surface area is 207 Å². The fourth-order valence-corrected chi connectivity index (χ4v) is 3.77. The maximum atomic E-state index is 4.81. The van der Waals surface area contributed by atoms with Crippen molar-refractivity contribution in [2.24, 2.45) is 4.99 Å². The molecule has 1 aliphatic rings. The van der Waals surface area contributed by atoms with Gasteiger partial charge in [-0.05, 0) is 18.9 Å². The molecule has 1 aromatic carbocycles. The molecule has 1 atom stereocenters. The first kappa shape index (κ1) is 24.2. The zero-order chi connectivity index (χ0) is 21.6. The minimum absolute atomic E-state index is 0. The lowest BCUT2D eigenvalue weighted by Gasteiger charge is -2.25. The van der Waals surface area contributed by atoms with Crippen molar-refractivity contribution in [2.45, 2.75) is 65.2 Å². The number of hydrogen-bond donors (Lipinski definition) is 2. The Morgan fingerprint density at radius 3 is 2.81 bits per heavy atom. The van der Waals surface area contributed by atoms with Crippen LogP contribution in [0.2, 0.25) is 0 Å². The number of guanidine groups is 1. The lowest BCUT2D eigenvalue weighted by atomic mass is 10.1. The topological polar surface area (TPSA) is 84.9 Å². The average molecular weight is 548 g/mol. The first-order valence-electron chi connectivity index (χ1n) is 11.1. The van der Waals surface area contributed by atoms with Crippen LogP contribution in [0.4, 0.5) is 0 Å². The number of aromatic nitrogens is 5. The maximum Gasteiger partial charge on any atom is 0.191 e. The number of fused-ring (bicyclic) bond motifs is 1. The van der Waals surface area contributed by atoms with Gasteiger partial charge in [-0.2, -0.15) is 5.10 Å². The monoisotopic (exact) mass is 548 g/mol. The third-order valence-corrected chi connectivity index (χ3v) is 5.45. The Morgan fingerprint density at radius 1 is 1.25 bits per heavy atom. The molecule has 3 aromatic rings. The van der Waals surface area contributed by atoms with Crippen LogP contribution in [0.15, 0.2) is 47.7 Å². The maximum absolute atomic E-state index is 4.81. The van der Waals surface area contributed by atoms with Crippen molar-refractivity contribution in [1.29, 1.82) is 0 Å². The van der Waals surface area contributed by atoms with E-state index in [0.717, 1.165) is 55.9 Å². The van der Waals surface area contributed by atoms with Crippen LogP contribution in [0.5, 0.6) is 0 Å². The molecule has 4 rings (SSSR count). The standard InChI is InChI=1S/C23H32N8.HI/c1-4-24-23(27-19-10-11-20-28-22(17(2)3)29-31(20)16-19)26-14-21-25-12-13-30(21)15-18-8-6-5-7-9-18;/h5-9,12-13,17,19H,4,10-11,14-16H2,1-3H3,(H2,24,26,27);1H. The number of nitrogens with one attached hydrogen (secondary N) is 2. The third-order valence-electron chi connectivity index (χ3n) is 5.45. The molecule has 9 heteroatoms. The molecule has 0 radical (unpaired) electrons. The summed E-state index contributed by atoms with van der Waals surface area (Å²) in [5.41, 5.74) is 1.25. The summed E-state index contributed by atoms with van der Waals surface area (Å²) in [5, 5.41) is 11.6. The van der Waals surface area contributed by atoms with Crippen LogP contribution in [0.25, 0.3) is 0 Å². The Bertz CT molecular complexity index is 1010. The molecule has 2 N–H and O–H groups in total. The average Bonchev–Trinajstić information content (AvgIpc) is 3.39. The van der Waals surface area contributed by atoms with Crippen LogP contribution in [-0.4, -0.2) is 42.9 Å². The highest BCUT2D eigenvalue weighted by Crippen LogP contribution is 2.17. The van der Waals surface area contributed by atoms with Gasteiger partial charge in [0.15, 0.2) is 11.8 Å². The zero-order valence-corrected chi connectivity index (χ0v) is 21.4. The molecule has 2 aromatic heterocycles. The number of halogens is 1. The van der Waals surface area contributed by atoms with Crippen molar-refractivity contribution in [3.05, 3.63) is 65.8 Å². The quantitative estimate of drug-likeness (QED) is 0.269. The van der Waals surface area contributed by atoms with Gasteiger partial charge in [0, 0.05) is 43.9 Å². The molecule has 1 aliphatic heterocycles. The highest BCUT2D eigenvalue weighted by atomic mass is 127. The first-order chi connectivity index (χ1) is 15.1. The van der Waals surface area contributed by atoms with E-state index in [1.165, 1.54) is 5.56 Å². The molecular formula is C23H33IN8. The summed E-state index contributed by atoms with van der Waals surface area (Å²) < 4.78 is 4.20. The summed E-state index contributed by atoms with van der Waals surface area (Å²) in [6.45, 7) is 9.28. The van der Waals surface area contributed by atoms with Crippen LogP contribution in [0.1, 0.15) is 56.1 Å². The normalized spacial score (nSPS) is 15.9. The van der Waals surface area contributed by atoms with Crippen LogP contribution < -0.4 is 10.6 Å². The highest BCUT2D eigenvalue weighted by molar-refractivity contribution is 14.0. The Balaban J connectivity index is 0.00000289. The van der Waals surface area contributed by atoms with E-state index in [1.807, 2.05) is 23.1 Å². The second-order valence-electron chi connectivity index (χ2n) is 8.26. The predicted octanol–water partition coefficient (Wildman–Crippen LogP) is 3.33. The number of imidazole rings is 1. The van der Waals surface area contributed by atoms with Crippen LogP contribution in [0, 0.1) is 0 Å². The lowest BCUT2D eigenvalue weighted by Crippen LogP contribution is -2.47. The van der Waals surface area contributed by atoms with Gasteiger partial charge in [-0.3, -0.25) is 0 Å². The number of hydrogen-bond acceptors (Lipinski definition) is 4. The van der Waals surface area contributed by atoms with Gasteiger partial charge in [0.2, 0.25) is 0 Å². The van der Waals surface area contributed by atoms with Crippen molar-refractivity contribution < 1.29 is 0 Å². The van der Waals surface area contributed by atoms with Crippen LogP contribution in [-0.2, 0) is 26.1 Å². The third kappa shape index (κ3) is 6.08. The SMILES string of the molecule is CCNC(=NCc1nccn1Cc1ccccc1)NC1CCc2nc(C(C)C)nn2C1.I. The number of aryl methyl sites for hydroxylation is 1. The van der Waals surface area contributed by atoms with Gasteiger partial charge in [-0.15, -0.1) is 24.0 Å². The molecule has 8 nitrogen and oxygen atoms in total. The number of rotatable bonds is 7. The smallest absolute Gasteiger partial charge is 0.191 e. The van der Waals surface area contributed by atoms with Gasteiger partial charge in [0.1, 0.15) is 18.2 Å². The molecule has 32 heavy (non-hydrogen) atoms. The summed E-state index contributed by atoms with van der Waals surface area (Å²) in [6, 6.07) is 10.7. The van der Waals surface area contributed by atoms with E-state index < -0.39 is 0 Å². The van der Waals surface area contributed by atoms with E-state index in [9.17, 15) is 0 Å². The predicted molar refractivity (Wildman–Crippen MR) is 137 cm³/mol. The summed E-state index contributed by atoms with van der Waals surface area (Å²) in [7, 11) is 0. The Kier molecular flexibility index (Phi) is 8.66. The fraction of sp³-hybridized carbons (Fsp3) is 0.478. The van der Waals surface area contributed by atoms with Gasteiger partial charge >= 0.3 is 0 Å². The molecule has 1 unspecified atom stereocenters. The van der Waals surface area contributed by atoms with Gasteiger partial charge in [0.25, 0.3) is 0 Å². The zero-order valence-electron chi connectivity index (χ0n) is 19.0. The van der Waals surface area contributed by atoms with E-state index >= 15 is 0 Å². The molecule has 0 saturated heterocycles. The van der Waals surface area contributed by atoms with Crippen molar-refractivity contribution in [3.8, 4) is 0 Å². The van der Waals surface area contributed by atoms with Gasteiger partial charge in [-0.25, -0.2) is 19.6 Å². The lowest BCUT2D eigenvalue weighted by molar-refractivity contribution is 0.391. The van der Waals surface area contributed by atoms with E-state index in [1.54, 1.807) is 0 Å². The molecule has 0 aliphatic carbocycles. The molecule has 0 bridgehead atoms.